The van der Waals surface area contributed by atoms with Crippen LogP contribution >= 0.6 is 11.3 Å². The maximum atomic E-state index is 5.83. The van der Waals surface area contributed by atoms with Gasteiger partial charge in [-0.2, -0.15) is 0 Å². The minimum Gasteiger partial charge on any atom is -0.333 e. The van der Waals surface area contributed by atoms with Crippen molar-refractivity contribution in [3.05, 3.63) is 34.3 Å². The molecule has 0 amide bonds. The molecule has 1 aliphatic rings. The number of imidazole rings is 1. The van der Waals surface area contributed by atoms with Crippen LogP contribution in [0.25, 0.3) is 0 Å². The maximum absolute atomic E-state index is 5.83. The standard InChI is InChI=1S/C12H17N5S/c1-9(13)12-15-10(8-18-12)6-16-4-5-17-3-2-14-11(17)7-16/h2-3,8-9H,4-7,13H2,1H3. The van der Waals surface area contributed by atoms with E-state index in [4.69, 9.17) is 5.73 Å². The molecule has 96 valence electrons. The maximum Gasteiger partial charge on any atom is 0.122 e. The normalized spacial score (nSPS) is 17.7. The van der Waals surface area contributed by atoms with E-state index in [1.54, 1.807) is 11.3 Å². The summed E-state index contributed by atoms with van der Waals surface area (Å²) in [5.41, 5.74) is 6.95. The second-order valence-electron chi connectivity index (χ2n) is 4.71. The third kappa shape index (κ3) is 2.31. The van der Waals surface area contributed by atoms with Crippen LogP contribution in [0.1, 0.15) is 29.5 Å². The summed E-state index contributed by atoms with van der Waals surface area (Å²) in [5, 5.41) is 3.13. The Balaban J connectivity index is 1.67. The largest absolute Gasteiger partial charge is 0.333 e. The first-order chi connectivity index (χ1) is 8.72. The summed E-state index contributed by atoms with van der Waals surface area (Å²) in [6.07, 6.45) is 3.92. The first kappa shape index (κ1) is 11.8. The van der Waals surface area contributed by atoms with Crippen LogP contribution < -0.4 is 5.73 Å². The summed E-state index contributed by atoms with van der Waals surface area (Å²) in [7, 11) is 0. The molecule has 0 bridgehead atoms. The van der Waals surface area contributed by atoms with E-state index in [0.29, 0.717) is 0 Å². The Bertz CT molecular complexity index is 530. The molecule has 3 heterocycles. The van der Waals surface area contributed by atoms with Crippen LogP contribution in [-0.2, 0) is 19.6 Å². The van der Waals surface area contributed by atoms with E-state index in [-0.39, 0.29) is 6.04 Å². The highest BCUT2D eigenvalue weighted by Crippen LogP contribution is 2.19. The molecule has 2 aromatic heterocycles. The molecule has 0 spiro atoms. The first-order valence-electron chi connectivity index (χ1n) is 6.14. The van der Waals surface area contributed by atoms with Crippen molar-refractivity contribution in [2.24, 2.45) is 5.73 Å². The van der Waals surface area contributed by atoms with Crippen LogP contribution in [0.2, 0.25) is 0 Å². The van der Waals surface area contributed by atoms with Gasteiger partial charge in [-0.05, 0) is 6.92 Å². The number of nitrogens with zero attached hydrogens (tertiary/aromatic N) is 4. The van der Waals surface area contributed by atoms with Gasteiger partial charge in [0.1, 0.15) is 10.8 Å². The van der Waals surface area contributed by atoms with Gasteiger partial charge in [-0.3, -0.25) is 4.90 Å². The van der Waals surface area contributed by atoms with Gasteiger partial charge in [-0.1, -0.05) is 0 Å². The van der Waals surface area contributed by atoms with Crippen LogP contribution in [-0.4, -0.2) is 26.0 Å². The molecule has 2 N–H and O–H groups in total. The lowest BCUT2D eigenvalue weighted by molar-refractivity contribution is 0.207. The van der Waals surface area contributed by atoms with Crippen LogP contribution in [0.4, 0.5) is 0 Å². The number of aromatic nitrogens is 3. The molecule has 0 aliphatic carbocycles. The van der Waals surface area contributed by atoms with Crippen molar-refractivity contribution in [1.29, 1.82) is 0 Å². The SMILES string of the molecule is CC(N)c1nc(CN2CCn3ccnc3C2)cs1. The van der Waals surface area contributed by atoms with Crippen molar-refractivity contribution in [3.8, 4) is 0 Å². The molecular weight excluding hydrogens is 246 g/mol. The molecule has 2 aromatic rings. The molecule has 3 rings (SSSR count). The van der Waals surface area contributed by atoms with E-state index < -0.39 is 0 Å². The van der Waals surface area contributed by atoms with Gasteiger partial charge < -0.3 is 10.3 Å². The number of fused-ring (bicyclic) bond motifs is 1. The van der Waals surface area contributed by atoms with E-state index in [1.165, 1.54) is 0 Å². The topological polar surface area (TPSA) is 60.0 Å². The third-order valence-corrected chi connectivity index (χ3v) is 4.26. The molecule has 0 saturated heterocycles. The minimum atomic E-state index is 0.0315. The number of hydrogen-bond acceptors (Lipinski definition) is 5. The van der Waals surface area contributed by atoms with Crippen molar-refractivity contribution in [2.45, 2.75) is 32.6 Å². The lowest BCUT2D eigenvalue weighted by atomic mass is 10.3. The average molecular weight is 263 g/mol. The zero-order chi connectivity index (χ0) is 12.5. The minimum absolute atomic E-state index is 0.0315. The van der Waals surface area contributed by atoms with E-state index in [9.17, 15) is 0 Å². The van der Waals surface area contributed by atoms with E-state index in [0.717, 1.165) is 42.7 Å². The summed E-state index contributed by atoms with van der Waals surface area (Å²) in [4.78, 5) is 11.3. The van der Waals surface area contributed by atoms with Crippen molar-refractivity contribution in [1.82, 2.24) is 19.4 Å². The van der Waals surface area contributed by atoms with Gasteiger partial charge in [0, 0.05) is 37.4 Å². The molecule has 18 heavy (non-hydrogen) atoms. The molecule has 6 heteroatoms. The second-order valence-corrected chi connectivity index (χ2v) is 5.60. The second kappa shape index (κ2) is 4.79. The predicted molar refractivity (Wildman–Crippen MR) is 71.1 cm³/mol. The van der Waals surface area contributed by atoms with Gasteiger partial charge in [-0.25, -0.2) is 9.97 Å². The van der Waals surface area contributed by atoms with Gasteiger partial charge in [0.05, 0.1) is 18.3 Å². The quantitative estimate of drug-likeness (QED) is 0.908. The van der Waals surface area contributed by atoms with Gasteiger partial charge in [-0.15, -0.1) is 11.3 Å². The third-order valence-electron chi connectivity index (χ3n) is 3.17. The van der Waals surface area contributed by atoms with Crippen LogP contribution in [0.5, 0.6) is 0 Å². The van der Waals surface area contributed by atoms with Crippen molar-refractivity contribution in [3.63, 3.8) is 0 Å². The smallest absolute Gasteiger partial charge is 0.122 e. The average Bonchev–Trinajstić information content (AvgIpc) is 2.96. The number of nitrogens with two attached hydrogens (primary N) is 1. The summed E-state index contributed by atoms with van der Waals surface area (Å²) in [5.74, 6) is 1.14. The molecule has 0 radical (unpaired) electrons. The molecule has 1 unspecified atom stereocenters. The Labute approximate surface area is 110 Å². The first-order valence-corrected chi connectivity index (χ1v) is 7.02. The molecule has 1 atom stereocenters. The van der Waals surface area contributed by atoms with Crippen molar-refractivity contribution in [2.75, 3.05) is 6.54 Å². The Morgan fingerprint density at radius 3 is 3.17 bits per heavy atom. The zero-order valence-electron chi connectivity index (χ0n) is 10.4. The Hall–Kier alpha value is -1.24. The van der Waals surface area contributed by atoms with Gasteiger partial charge in [0.25, 0.3) is 0 Å². The monoisotopic (exact) mass is 263 g/mol. The number of rotatable bonds is 3. The lowest BCUT2D eigenvalue weighted by Gasteiger charge is -2.26. The fraction of sp³-hybridized carbons (Fsp3) is 0.500. The molecule has 0 fully saturated rings. The van der Waals surface area contributed by atoms with Gasteiger partial charge in [0.2, 0.25) is 0 Å². The fourth-order valence-electron chi connectivity index (χ4n) is 2.19. The van der Waals surface area contributed by atoms with Crippen LogP contribution in [0, 0.1) is 0 Å². The highest BCUT2D eigenvalue weighted by Gasteiger charge is 2.17. The van der Waals surface area contributed by atoms with Crippen molar-refractivity contribution >= 4 is 11.3 Å². The summed E-state index contributed by atoms with van der Waals surface area (Å²) in [6, 6.07) is 0.0315. The molecule has 0 saturated carbocycles. The van der Waals surface area contributed by atoms with Gasteiger partial charge in [0.15, 0.2) is 0 Å². The van der Waals surface area contributed by atoms with E-state index in [2.05, 4.69) is 24.8 Å². The van der Waals surface area contributed by atoms with Crippen LogP contribution in [0.3, 0.4) is 0 Å². The highest BCUT2D eigenvalue weighted by molar-refractivity contribution is 7.09. The summed E-state index contributed by atoms with van der Waals surface area (Å²) in [6.45, 7) is 5.82. The number of thiazole rings is 1. The Morgan fingerprint density at radius 1 is 1.50 bits per heavy atom. The lowest BCUT2D eigenvalue weighted by Crippen LogP contribution is -2.33. The van der Waals surface area contributed by atoms with E-state index in [1.807, 2.05) is 19.3 Å². The van der Waals surface area contributed by atoms with Crippen LogP contribution in [0.15, 0.2) is 17.8 Å². The number of hydrogen-bond donors (Lipinski definition) is 1. The predicted octanol–water partition coefficient (Wildman–Crippen LogP) is 1.38. The van der Waals surface area contributed by atoms with Crippen molar-refractivity contribution < 1.29 is 0 Å². The molecular formula is C12H17N5S. The molecule has 5 nitrogen and oxygen atoms in total. The summed E-state index contributed by atoms with van der Waals surface area (Å²) >= 11 is 1.65. The Kier molecular flexibility index (Phi) is 3.15. The zero-order valence-corrected chi connectivity index (χ0v) is 11.2. The Morgan fingerprint density at radius 2 is 2.39 bits per heavy atom. The summed E-state index contributed by atoms with van der Waals surface area (Å²) < 4.78 is 2.21. The highest BCUT2D eigenvalue weighted by atomic mass is 32.1. The molecule has 0 aromatic carbocycles. The molecule has 1 aliphatic heterocycles. The fourth-order valence-corrected chi connectivity index (χ4v) is 2.96. The van der Waals surface area contributed by atoms with Gasteiger partial charge >= 0.3 is 0 Å². The van der Waals surface area contributed by atoms with E-state index >= 15 is 0 Å².